The van der Waals surface area contributed by atoms with E-state index in [9.17, 15) is 5.11 Å². The van der Waals surface area contributed by atoms with Crippen molar-refractivity contribution in [3.8, 4) is 0 Å². The molecule has 0 saturated heterocycles. The molecule has 1 aromatic heterocycles. The molecule has 3 aromatic rings. The minimum absolute atomic E-state index is 0.529. The minimum atomic E-state index is -0.750. The SMILES string of the molecule is Nc1ccc2nc(C(O)c3ccccc3)[nH]c2c1. The monoisotopic (exact) mass is 239 g/mol. The van der Waals surface area contributed by atoms with Crippen molar-refractivity contribution in [3.63, 3.8) is 0 Å². The van der Waals surface area contributed by atoms with Crippen LogP contribution in [0, 0.1) is 0 Å². The number of benzene rings is 2. The number of anilines is 1. The molecule has 0 saturated carbocycles. The van der Waals surface area contributed by atoms with Gasteiger partial charge in [-0.25, -0.2) is 4.98 Å². The summed E-state index contributed by atoms with van der Waals surface area (Å²) in [6.07, 6.45) is -0.750. The van der Waals surface area contributed by atoms with Gasteiger partial charge in [0, 0.05) is 5.69 Å². The molecule has 1 heterocycles. The second-order valence-corrected chi connectivity index (χ2v) is 4.21. The van der Waals surface area contributed by atoms with E-state index in [0.717, 1.165) is 16.6 Å². The molecule has 0 amide bonds. The first-order valence-corrected chi connectivity index (χ1v) is 5.72. The van der Waals surface area contributed by atoms with E-state index in [0.29, 0.717) is 11.5 Å². The molecule has 0 fully saturated rings. The Kier molecular flexibility index (Phi) is 2.50. The fourth-order valence-electron chi connectivity index (χ4n) is 1.97. The maximum atomic E-state index is 10.2. The molecule has 1 atom stereocenters. The van der Waals surface area contributed by atoms with E-state index in [1.807, 2.05) is 42.5 Å². The van der Waals surface area contributed by atoms with E-state index in [1.54, 1.807) is 6.07 Å². The molecule has 0 radical (unpaired) electrons. The van der Waals surface area contributed by atoms with Crippen LogP contribution in [0.1, 0.15) is 17.5 Å². The zero-order valence-corrected chi connectivity index (χ0v) is 9.67. The standard InChI is InChI=1S/C14H13N3O/c15-10-6-7-11-12(8-10)17-14(16-11)13(18)9-4-2-1-3-5-9/h1-8,13,18H,15H2,(H,16,17). The molecular formula is C14H13N3O. The van der Waals surface area contributed by atoms with Crippen molar-refractivity contribution >= 4 is 16.7 Å². The van der Waals surface area contributed by atoms with Gasteiger partial charge in [-0.2, -0.15) is 0 Å². The van der Waals surface area contributed by atoms with Crippen LogP contribution < -0.4 is 5.73 Å². The van der Waals surface area contributed by atoms with Gasteiger partial charge in [-0.15, -0.1) is 0 Å². The number of aliphatic hydroxyl groups is 1. The van der Waals surface area contributed by atoms with Crippen LogP contribution in [-0.2, 0) is 0 Å². The molecule has 4 N–H and O–H groups in total. The number of hydrogen-bond donors (Lipinski definition) is 3. The van der Waals surface area contributed by atoms with Gasteiger partial charge in [0.15, 0.2) is 0 Å². The maximum Gasteiger partial charge on any atom is 0.140 e. The summed E-state index contributed by atoms with van der Waals surface area (Å²) in [5, 5.41) is 10.2. The number of nitrogens with two attached hydrogens (primary N) is 1. The third kappa shape index (κ3) is 1.83. The van der Waals surface area contributed by atoms with Gasteiger partial charge in [0.1, 0.15) is 11.9 Å². The van der Waals surface area contributed by atoms with E-state index in [1.165, 1.54) is 0 Å². The lowest BCUT2D eigenvalue weighted by Crippen LogP contribution is -2.01. The molecule has 0 bridgehead atoms. The number of imidazole rings is 1. The van der Waals surface area contributed by atoms with Crippen molar-refractivity contribution in [2.45, 2.75) is 6.10 Å². The Morgan fingerprint density at radius 1 is 1.11 bits per heavy atom. The highest BCUT2D eigenvalue weighted by molar-refractivity contribution is 5.78. The van der Waals surface area contributed by atoms with E-state index in [2.05, 4.69) is 9.97 Å². The summed E-state index contributed by atoms with van der Waals surface area (Å²) < 4.78 is 0. The molecule has 4 heteroatoms. The Morgan fingerprint density at radius 2 is 1.89 bits per heavy atom. The van der Waals surface area contributed by atoms with E-state index in [4.69, 9.17) is 5.73 Å². The van der Waals surface area contributed by atoms with Crippen LogP contribution >= 0.6 is 0 Å². The first kappa shape index (κ1) is 10.8. The van der Waals surface area contributed by atoms with Crippen LogP contribution in [0.2, 0.25) is 0 Å². The van der Waals surface area contributed by atoms with Crippen molar-refractivity contribution in [2.24, 2.45) is 0 Å². The molecular weight excluding hydrogens is 226 g/mol. The average Bonchev–Trinajstić information content (AvgIpc) is 2.81. The molecule has 1 unspecified atom stereocenters. The van der Waals surface area contributed by atoms with Crippen molar-refractivity contribution < 1.29 is 5.11 Å². The van der Waals surface area contributed by atoms with Gasteiger partial charge in [-0.05, 0) is 23.8 Å². The highest BCUT2D eigenvalue weighted by Crippen LogP contribution is 2.22. The smallest absolute Gasteiger partial charge is 0.140 e. The van der Waals surface area contributed by atoms with Gasteiger partial charge in [0.05, 0.1) is 11.0 Å². The van der Waals surface area contributed by atoms with Gasteiger partial charge < -0.3 is 15.8 Å². The van der Waals surface area contributed by atoms with Gasteiger partial charge in [-0.1, -0.05) is 30.3 Å². The first-order valence-electron chi connectivity index (χ1n) is 5.72. The number of nitrogens with zero attached hydrogens (tertiary/aromatic N) is 1. The van der Waals surface area contributed by atoms with Crippen LogP contribution in [0.15, 0.2) is 48.5 Å². The number of aromatic amines is 1. The van der Waals surface area contributed by atoms with Gasteiger partial charge in [0.25, 0.3) is 0 Å². The van der Waals surface area contributed by atoms with Crippen LogP contribution in [0.25, 0.3) is 11.0 Å². The molecule has 3 rings (SSSR count). The van der Waals surface area contributed by atoms with Crippen molar-refractivity contribution in [2.75, 3.05) is 5.73 Å². The third-order valence-corrected chi connectivity index (χ3v) is 2.90. The fraction of sp³-hybridized carbons (Fsp3) is 0.0714. The normalized spacial score (nSPS) is 12.7. The Morgan fingerprint density at radius 3 is 2.67 bits per heavy atom. The summed E-state index contributed by atoms with van der Waals surface area (Å²) in [4.78, 5) is 7.46. The Hall–Kier alpha value is -2.33. The van der Waals surface area contributed by atoms with Crippen LogP contribution in [-0.4, -0.2) is 15.1 Å². The van der Waals surface area contributed by atoms with Crippen molar-refractivity contribution in [3.05, 3.63) is 59.9 Å². The number of fused-ring (bicyclic) bond motifs is 1. The largest absolute Gasteiger partial charge is 0.399 e. The topological polar surface area (TPSA) is 74.9 Å². The molecule has 0 aliphatic heterocycles. The molecule has 0 aliphatic rings. The van der Waals surface area contributed by atoms with Gasteiger partial charge in [0.2, 0.25) is 0 Å². The lowest BCUT2D eigenvalue weighted by Gasteiger charge is -2.06. The zero-order valence-electron chi connectivity index (χ0n) is 9.67. The number of hydrogen-bond acceptors (Lipinski definition) is 3. The summed E-state index contributed by atoms with van der Waals surface area (Å²) in [6, 6.07) is 14.9. The Balaban J connectivity index is 2.04. The minimum Gasteiger partial charge on any atom is -0.399 e. The molecule has 0 aliphatic carbocycles. The average molecular weight is 239 g/mol. The molecule has 2 aromatic carbocycles. The molecule has 0 spiro atoms. The molecule has 4 nitrogen and oxygen atoms in total. The summed E-state index contributed by atoms with van der Waals surface area (Å²) >= 11 is 0. The van der Waals surface area contributed by atoms with E-state index >= 15 is 0 Å². The summed E-state index contributed by atoms with van der Waals surface area (Å²) in [5.41, 5.74) is 8.83. The van der Waals surface area contributed by atoms with Crippen molar-refractivity contribution in [1.29, 1.82) is 0 Å². The van der Waals surface area contributed by atoms with Crippen molar-refractivity contribution in [1.82, 2.24) is 9.97 Å². The number of nitrogen functional groups attached to an aromatic ring is 1. The van der Waals surface area contributed by atoms with Gasteiger partial charge in [-0.3, -0.25) is 0 Å². The highest BCUT2D eigenvalue weighted by Gasteiger charge is 2.14. The van der Waals surface area contributed by atoms with Gasteiger partial charge >= 0.3 is 0 Å². The third-order valence-electron chi connectivity index (χ3n) is 2.90. The second kappa shape index (κ2) is 4.16. The molecule has 18 heavy (non-hydrogen) atoms. The number of H-pyrrole nitrogens is 1. The summed E-state index contributed by atoms with van der Waals surface area (Å²) in [5.74, 6) is 0.529. The Labute approximate surface area is 104 Å². The lowest BCUT2D eigenvalue weighted by atomic mass is 10.1. The first-order chi connectivity index (χ1) is 8.74. The van der Waals surface area contributed by atoms with Crippen LogP contribution in [0.3, 0.4) is 0 Å². The van der Waals surface area contributed by atoms with E-state index < -0.39 is 6.10 Å². The number of aromatic nitrogens is 2. The Bertz CT molecular complexity index is 676. The quantitative estimate of drug-likeness (QED) is 0.600. The van der Waals surface area contributed by atoms with Crippen LogP contribution in [0.5, 0.6) is 0 Å². The fourth-order valence-corrected chi connectivity index (χ4v) is 1.97. The number of rotatable bonds is 2. The predicted octanol–water partition coefficient (Wildman–Crippen LogP) is 2.23. The number of aliphatic hydroxyl groups excluding tert-OH is 1. The highest BCUT2D eigenvalue weighted by atomic mass is 16.3. The second-order valence-electron chi connectivity index (χ2n) is 4.21. The lowest BCUT2D eigenvalue weighted by molar-refractivity contribution is 0.211. The summed E-state index contributed by atoms with van der Waals surface area (Å²) in [6.45, 7) is 0. The molecule has 90 valence electrons. The van der Waals surface area contributed by atoms with E-state index in [-0.39, 0.29) is 0 Å². The maximum absolute atomic E-state index is 10.2. The predicted molar refractivity (Wildman–Crippen MR) is 71.0 cm³/mol. The zero-order chi connectivity index (χ0) is 12.5. The van der Waals surface area contributed by atoms with Crippen LogP contribution in [0.4, 0.5) is 5.69 Å². The summed E-state index contributed by atoms with van der Waals surface area (Å²) in [7, 11) is 0. The number of nitrogens with one attached hydrogen (secondary N) is 1.